The van der Waals surface area contributed by atoms with E-state index in [1.165, 1.54) is 24.3 Å². The second-order valence-corrected chi connectivity index (χ2v) is 8.57. The molecule has 0 radical (unpaired) electrons. The summed E-state index contributed by atoms with van der Waals surface area (Å²) in [4.78, 5) is 5.84. The third kappa shape index (κ3) is 4.40. The van der Waals surface area contributed by atoms with Crippen LogP contribution in [0.2, 0.25) is 0 Å². The third-order valence-corrected chi connectivity index (χ3v) is 5.64. The SMILES string of the molecule is CS(=O)(=O)c1ccc(-c2cc(C(F)(F)F)cnc2N2CCC(F)CC2)cc1. The first-order valence-corrected chi connectivity index (χ1v) is 10.2. The highest BCUT2D eigenvalue weighted by atomic mass is 32.2. The van der Waals surface area contributed by atoms with Crippen molar-refractivity contribution in [1.29, 1.82) is 0 Å². The van der Waals surface area contributed by atoms with Crippen LogP contribution in [0.3, 0.4) is 0 Å². The van der Waals surface area contributed by atoms with Crippen LogP contribution in [-0.4, -0.2) is 38.9 Å². The van der Waals surface area contributed by atoms with E-state index in [-0.39, 0.29) is 23.3 Å². The van der Waals surface area contributed by atoms with Crippen molar-refractivity contribution in [3.05, 3.63) is 42.1 Å². The highest BCUT2D eigenvalue weighted by molar-refractivity contribution is 7.90. The van der Waals surface area contributed by atoms with Crippen molar-refractivity contribution in [2.45, 2.75) is 30.1 Å². The van der Waals surface area contributed by atoms with Gasteiger partial charge in [0.2, 0.25) is 0 Å². The summed E-state index contributed by atoms with van der Waals surface area (Å²) in [6.07, 6.45) is -3.08. The lowest BCUT2D eigenvalue weighted by molar-refractivity contribution is -0.137. The van der Waals surface area contributed by atoms with Crippen molar-refractivity contribution in [3.63, 3.8) is 0 Å². The molecule has 2 heterocycles. The third-order valence-electron chi connectivity index (χ3n) is 4.51. The predicted octanol–water partition coefficient (Wildman–Crippen LogP) is 4.11. The highest BCUT2D eigenvalue weighted by Crippen LogP contribution is 2.37. The monoisotopic (exact) mass is 402 g/mol. The van der Waals surface area contributed by atoms with E-state index in [1.54, 1.807) is 4.90 Å². The van der Waals surface area contributed by atoms with Gasteiger partial charge in [0.15, 0.2) is 9.84 Å². The van der Waals surface area contributed by atoms with Crippen molar-refractivity contribution in [2.24, 2.45) is 0 Å². The van der Waals surface area contributed by atoms with E-state index in [2.05, 4.69) is 4.98 Å². The molecule has 0 amide bonds. The summed E-state index contributed by atoms with van der Waals surface area (Å²) >= 11 is 0. The minimum atomic E-state index is -4.56. The Morgan fingerprint density at radius 3 is 2.22 bits per heavy atom. The highest BCUT2D eigenvalue weighted by Gasteiger charge is 2.33. The van der Waals surface area contributed by atoms with Gasteiger partial charge in [-0.15, -0.1) is 0 Å². The molecule has 3 rings (SSSR count). The minimum Gasteiger partial charge on any atom is -0.356 e. The fourth-order valence-electron chi connectivity index (χ4n) is 3.02. The van der Waals surface area contributed by atoms with Gasteiger partial charge >= 0.3 is 6.18 Å². The molecular formula is C18H18F4N2O2S. The van der Waals surface area contributed by atoms with Crippen LogP contribution in [0.1, 0.15) is 18.4 Å². The van der Waals surface area contributed by atoms with Crippen molar-refractivity contribution in [2.75, 3.05) is 24.2 Å². The Labute approximate surface area is 154 Å². The van der Waals surface area contributed by atoms with Crippen LogP contribution >= 0.6 is 0 Å². The topological polar surface area (TPSA) is 50.3 Å². The number of nitrogens with zero attached hydrogens (tertiary/aromatic N) is 2. The number of rotatable bonds is 3. The molecule has 27 heavy (non-hydrogen) atoms. The van der Waals surface area contributed by atoms with Gasteiger partial charge in [0.05, 0.1) is 10.5 Å². The number of aromatic nitrogens is 1. The average molecular weight is 402 g/mol. The van der Waals surface area contributed by atoms with Gasteiger partial charge in [0.25, 0.3) is 0 Å². The van der Waals surface area contributed by atoms with Gasteiger partial charge in [-0.25, -0.2) is 17.8 Å². The first-order valence-electron chi connectivity index (χ1n) is 8.32. The predicted molar refractivity (Wildman–Crippen MR) is 94.1 cm³/mol. The van der Waals surface area contributed by atoms with E-state index >= 15 is 0 Å². The van der Waals surface area contributed by atoms with Crippen LogP contribution in [0.4, 0.5) is 23.4 Å². The zero-order valence-electron chi connectivity index (χ0n) is 14.5. The zero-order chi connectivity index (χ0) is 19.8. The molecule has 0 N–H and O–H groups in total. The molecule has 0 spiro atoms. The zero-order valence-corrected chi connectivity index (χ0v) is 15.3. The number of benzene rings is 1. The van der Waals surface area contributed by atoms with Crippen LogP contribution in [0.25, 0.3) is 11.1 Å². The quantitative estimate of drug-likeness (QED) is 0.725. The Hall–Kier alpha value is -2.16. The molecule has 0 aliphatic carbocycles. The summed E-state index contributed by atoms with van der Waals surface area (Å²) in [6, 6.07) is 6.61. The largest absolute Gasteiger partial charge is 0.417 e. The van der Waals surface area contributed by atoms with E-state index in [9.17, 15) is 26.0 Å². The molecule has 1 fully saturated rings. The van der Waals surface area contributed by atoms with E-state index in [0.717, 1.165) is 18.5 Å². The van der Waals surface area contributed by atoms with Gasteiger partial charge in [-0.05, 0) is 36.6 Å². The van der Waals surface area contributed by atoms with Crippen molar-refractivity contribution < 1.29 is 26.0 Å². The lowest BCUT2D eigenvalue weighted by Gasteiger charge is -2.31. The fourth-order valence-corrected chi connectivity index (χ4v) is 3.65. The van der Waals surface area contributed by atoms with Crippen molar-refractivity contribution in [1.82, 2.24) is 4.98 Å². The standard InChI is InChI=1S/C18H18F4N2O2S/c1-27(25,26)15-4-2-12(3-5-15)16-10-13(18(20,21)22)11-23-17(16)24-8-6-14(19)7-9-24/h2-5,10-11,14H,6-9H2,1H3. The molecule has 4 nitrogen and oxygen atoms in total. The number of anilines is 1. The van der Waals surface area contributed by atoms with Crippen LogP contribution < -0.4 is 4.90 Å². The van der Waals surface area contributed by atoms with Gasteiger partial charge in [-0.2, -0.15) is 13.2 Å². The number of hydrogen-bond donors (Lipinski definition) is 0. The molecule has 0 unspecified atom stereocenters. The van der Waals surface area contributed by atoms with Gasteiger partial charge in [-0.1, -0.05) is 12.1 Å². The molecule has 0 saturated carbocycles. The summed E-state index contributed by atoms with van der Waals surface area (Å²) in [7, 11) is -3.42. The lowest BCUT2D eigenvalue weighted by Crippen LogP contribution is -2.35. The Kier molecular flexibility index (Phi) is 5.16. The minimum absolute atomic E-state index is 0.0750. The van der Waals surface area contributed by atoms with Gasteiger partial charge in [0, 0.05) is 31.1 Å². The first kappa shape index (κ1) is 19.6. The maximum absolute atomic E-state index is 13.4. The van der Waals surface area contributed by atoms with E-state index in [0.29, 0.717) is 24.5 Å². The molecule has 1 aromatic heterocycles. The number of piperidine rings is 1. The molecule has 2 aromatic rings. The van der Waals surface area contributed by atoms with Crippen molar-refractivity contribution >= 4 is 15.7 Å². The van der Waals surface area contributed by atoms with E-state index in [1.807, 2.05) is 0 Å². The number of alkyl halides is 4. The molecule has 0 bridgehead atoms. The Morgan fingerprint density at radius 2 is 1.70 bits per heavy atom. The summed E-state index contributed by atoms with van der Waals surface area (Å²) in [5, 5.41) is 0. The van der Waals surface area contributed by atoms with Crippen LogP contribution in [0.15, 0.2) is 41.4 Å². The molecule has 146 valence electrons. The Bertz CT molecular complexity index is 919. The number of pyridine rings is 1. The smallest absolute Gasteiger partial charge is 0.356 e. The van der Waals surface area contributed by atoms with Crippen LogP contribution in [-0.2, 0) is 16.0 Å². The second-order valence-electron chi connectivity index (χ2n) is 6.55. The number of halogens is 4. The maximum atomic E-state index is 13.4. The molecule has 1 aliphatic heterocycles. The molecule has 9 heteroatoms. The van der Waals surface area contributed by atoms with Crippen LogP contribution in [0.5, 0.6) is 0 Å². The Morgan fingerprint density at radius 1 is 1.11 bits per heavy atom. The van der Waals surface area contributed by atoms with E-state index in [4.69, 9.17) is 0 Å². The molecule has 1 aromatic carbocycles. The molecular weight excluding hydrogens is 384 g/mol. The lowest BCUT2D eigenvalue weighted by atomic mass is 10.0. The summed E-state index contributed by atoms with van der Waals surface area (Å²) in [6.45, 7) is 0.710. The summed E-state index contributed by atoms with van der Waals surface area (Å²) < 4.78 is 76.1. The normalized spacial score (nSPS) is 16.6. The fraction of sp³-hybridized carbons (Fsp3) is 0.389. The van der Waals surface area contributed by atoms with Crippen LogP contribution in [0, 0.1) is 0 Å². The summed E-state index contributed by atoms with van der Waals surface area (Å²) in [5.74, 6) is 0.335. The maximum Gasteiger partial charge on any atom is 0.417 e. The molecule has 1 saturated heterocycles. The summed E-state index contributed by atoms with van der Waals surface area (Å²) in [5.41, 5.74) is -0.241. The van der Waals surface area contributed by atoms with Gasteiger partial charge in [0.1, 0.15) is 12.0 Å². The number of sulfone groups is 1. The molecule has 1 aliphatic rings. The average Bonchev–Trinajstić information content (AvgIpc) is 2.60. The Balaban J connectivity index is 2.07. The van der Waals surface area contributed by atoms with Crippen molar-refractivity contribution in [3.8, 4) is 11.1 Å². The molecule has 0 atom stereocenters. The van der Waals surface area contributed by atoms with E-state index < -0.39 is 27.7 Å². The second kappa shape index (κ2) is 7.10. The van der Waals surface area contributed by atoms with Gasteiger partial charge in [-0.3, -0.25) is 0 Å². The van der Waals surface area contributed by atoms with Gasteiger partial charge < -0.3 is 4.90 Å². The first-order chi connectivity index (χ1) is 12.6. The number of hydrogen-bond acceptors (Lipinski definition) is 4.